The number of amides is 1. The number of carbonyl (C=O) groups is 1. The number of fused-ring (bicyclic) bond motifs is 1. The van der Waals surface area contributed by atoms with Crippen LogP contribution in [-0.4, -0.2) is 48.1 Å². The second-order valence-electron chi connectivity index (χ2n) is 6.53. The Hall–Kier alpha value is -1.98. The minimum atomic E-state index is -0.193. The number of aromatic nitrogens is 1. The zero-order valence-electron chi connectivity index (χ0n) is 14.4. The lowest BCUT2D eigenvalue weighted by Gasteiger charge is -2.32. The number of nitrogens with zero attached hydrogens (tertiary/aromatic N) is 2. The van der Waals surface area contributed by atoms with E-state index in [-0.39, 0.29) is 17.9 Å². The van der Waals surface area contributed by atoms with Gasteiger partial charge in [-0.1, -0.05) is 38.1 Å². The van der Waals surface area contributed by atoms with Crippen molar-refractivity contribution < 1.29 is 9.53 Å². The predicted molar refractivity (Wildman–Crippen MR) is 94.6 cm³/mol. The lowest BCUT2D eigenvalue weighted by molar-refractivity contribution is -0.138. The average molecular weight is 327 g/mol. The van der Waals surface area contributed by atoms with Crippen molar-refractivity contribution in [3.8, 4) is 0 Å². The molecule has 1 fully saturated rings. The largest absolute Gasteiger partial charge is 0.378 e. The molecule has 1 aliphatic rings. The smallest absolute Gasteiger partial charge is 0.240 e. The molecule has 2 aromatic rings. The van der Waals surface area contributed by atoms with Gasteiger partial charge in [0.25, 0.3) is 0 Å². The molecule has 5 nitrogen and oxygen atoms in total. The van der Waals surface area contributed by atoms with Crippen LogP contribution >= 0.6 is 0 Å². The van der Waals surface area contributed by atoms with Gasteiger partial charge in [-0.05, 0) is 17.5 Å². The minimum absolute atomic E-state index is 0.168. The second kappa shape index (κ2) is 7.73. The predicted octanol–water partition coefficient (Wildman–Crippen LogP) is 2.21. The summed E-state index contributed by atoms with van der Waals surface area (Å²) in [5, 5.41) is 4.58. The molecule has 1 aromatic carbocycles. The van der Waals surface area contributed by atoms with Crippen LogP contribution in [0.15, 0.2) is 36.5 Å². The molecule has 1 aromatic heterocycles. The molecule has 1 amide bonds. The van der Waals surface area contributed by atoms with Crippen molar-refractivity contribution in [2.24, 2.45) is 5.92 Å². The summed E-state index contributed by atoms with van der Waals surface area (Å²) in [6.45, 7) is 7.41. The van der Waals surface area contributed by atoms with Gasteiger partial charge in [0.2, 0.25) is 5.91 Å². The van der Waals surface area contributed by atoms with Crippen LogP contribution in [-0.2, 0) is 16.1 Å². The molecule has 1 atom stereocenters. The Kier molecular flexibility index (Phi) is 5.43. The molecule has 0 radical (unpaired) electrons. The molecule has 0 saturated carbocycles. The van der Waals surface area contributed by atoms with Crippen molar-refractivity contribution in [3.05, 3.63) is 42.1 Å². The molecule has 0 aliphatic carbocycles. The van der Waals surface area contributed by atoms with Crippen LogP contribution in [0.25, 0.3) is 10.9 Å². The van der Waals surface area contributed by atoms with E-state index in [1.807, 2.05) is 23.2 Å². The molecule has 128 valence electrons. The normalized spacial score (nSPS) is 16.5. The second-order valence-corrected chi connectivity index (χ2v) is 6.53. The van der Waals surface area contributed by atoms with Crippen LogP contribution in [0.5, 0.6) is 0 Å². The summed E-state index contributed by atoms with van der Waals surface area (Å²) in [7, 11) is 0. The molecular weight excluding hydrogens is 302 g/mol. The van der Waals surface area contributed by atoms with Gasteiger partial charge in [0.05, 0.1) is 24.8 Å². The van der Waals surface area contributed by atoms with Crippen molar-refractivity contribution in [2.75, 3.05) is 26.3 Å². The Balaban J connectivity index is 1.72. The Bertz CT molecular complexity index is 691. The summed E-state index contributed by atoms with van der Waals surface area (Å²) < 4.78 is 5.35. The number of hydrogen-bond acceptors (Lipinski definition) is 4. The highest BCUT2D eigenvalue weighted by molar-refractivity contribution is 5.83. The van der Waals surface area contributed by atoms with E-state index in [0.29, 0.717) is 32.8 Å². The van der Waals surface area contributed by atoms with Gasteiger partial charge in [0.15, 0.2) is 0 Å². The van der Waals surface area contributed by atoms with Crippen LogP contribution in [0.2, 0.25) is 0 Å². The van der Waals surface area contributed by atoms with Gasteiger partial charge >= 0.3 is 0 Å². The molecule has 1 aliphatic heterocycles. The topological polar surface area (TPSA) is 54.5 Å². The third-order valence-corrected chi connectivity index (χ3v) is 4.48. The summed E-state index contributed by atoms with van der Waals surface area (Å²) in [5.41, 5.74) is 2.11. The summed E-state index contributed by atoms with van der Waals surface area (Å²) in [5.74, 6) is 0.393. The Morgan fingerprint density at radius 2 is 2.00 bits per heavy atom. The highest BCUT2D eigenvalue weighted by Crippen LogP contribution is 2.17. The van der Waals surface area contributed by atoms with E-state index in [0.717, 1.165) is 16.5 Å². The van der Waals surface area contributed by atoms with E-state index in [1.165, 1.54) is 0 Å². The van der Waals surface area contributed by atoms with Crippen LogP contribution in [0.4, 0.5) is 0 Å². The Morgan fingerprint density at radius 1 is 1.25 bits per heavy atom. The summed E-state index contributed by atoms with van der Waals surface area (Å²) >= 11 is 0. The standard InChI is InChI=1S/C19H25N3O2/c1-14(2)17(19(23)22-9-11-24-12-10-22)21-13-16-6-3-5-15-7-4-8-20-18(15)16/h3-8,14,17,21H,9-13H2,1-2H3/t17-/m1/s1. The molecule has 3 rings (SSSR count). The first-order valence-electron chi connectivity index (χ1n) is 8.59. The molecule has 5 heteroatoms. The quantitative estimate of drug-likeness (QED) is 0.915. The number of para-hydroxylation sites is 1. The SMILES string of the molecule is CC(C)[C@@H](NCc1cccc2cccnc12)C(=O)N1CCOCC1. The molecule has 0 bridgehead atoms. The minimum Gasteiger partial charge on any atom is -0.378 e. The van der Waals surface area contributed by atoms with E-state index >= 15 is 0 Å². The summed E-state index contributed by atoms with van der Waals surface area (Å²) in [6.07, 6.45) is 1.81. The van der Waals surface area contributed by atoms with Crippen molar-refractivity contribution in [1.29, 1.82) is 0 Å². The third kappa shape index (κ3) is 3.74. The van der Waals surface area contributed by atoms with E-state index in [9.17, 15) is 4.79 Å². The summed E-state index contributed by atoms with van der Waals surface area (Å²) in [4.78, 5) is 19.2. The van der Waals surface area contributed by atoms with Gasteiger partial charge in [-0.3, -0.25) is 9.78 Å². The molecule has 24 heavy (non-hydrogen) atoms. The maximum Gasteiger partial charge on any atom is 0.240 e. The zero-order valence-corrected chi connectivity index (χ0v) is 14.4. The number of hydrogen-bond donors (Lipinski definition) is 1. The monoisotopic (exact) mass is 327 g/mol. The molecular formula is C19H25N3O2. The Labute approximate surface area is 143 Å². The molecule has 2 heterocycles. The van der Waals surface area contributed by atoms with Gasteiger partial charge in [0, 0.05) is 31.2 Å². The highest BCUT2D eigenvalue weighted by Gasteiger charge is 2.27. The number of morpholine rings is 1. The lowest BCUT2D eigenvalue weighted by Crippen LogP contribution is -2.52. The fourth-order valence-electron chi connectivity index (χ4n) is 3.12. The number of rotatable bonds is 5. The number of benzene rings is 1. The first kappa shape index (κ1) is 16.9. The van der Waals surface area contributed by atoms with Crippen molar-refractivity contribution in [3.63, 3.8) is 0 Å². The van der Waals surface area contributed by atoms with Crippen LogP contribution < -0.4 is 5.32 Å². The van der Waals surface area contributed by atoms with Crippen LogP contribution in [0, 0.1) is 5.92 Å². The van der Waals surface area contributed by atoms with Gasteiger partial charge in [-0.25, -0.2) is 0 Å². The van der Waals surface area contributed by atoms with Crippen LogP contribution in [0.1, 0.15) is 19.4 Å². The zero-order chi connectivity index (χ0) is 16.9. The fourth-order valence-corrected chi connectivity index (χ4v) is 3.12. The van der Waals surface area contributed by atoms with E-state index in [1.54, 1.807) is 0 Å². The van der Waals surface area contributed by atoms with Crippen molar-refractivity contribution >= 4 is 16.8 Å². The Morgan fingerprint density at radius 3 is 2.75 bits per heavy atom. The molecule has 0 spiro atoms. The average Bonchev–Trinajstić information content (AvgIpc) is 2.62. The van der Waals surface area contributed by atoms with Gasteiger partial charge in [-0.2, -0.15) is 0 Å². The first-order valence-corrected chi connectivity index (χ1v) is 8.59. The van der Waals surface area contributed by atoms with Gasteiger partial charge in [-0.15, -0.1) is 0 Å². The summed E-state index contributed by atoms with van der Waals surface area (Å²) in [6, 6.07) is 9.98. The maximum atomic E-state index is 12.8. The molecule has 1 N–H and O–H groups in total. The van der Waals surface area contributed by atoms with Crippen molar-refractivity contribution in [2.45, 2.75) is 26.4 Å². The third-order valence-electron chi connectivity index (χ3n) is 4.48. The number of ether oxygens (including phenoxy) is 1. The van der Waals surface area contributed by atoms with Crippen molar-refractivity contribution in [1.82, 2.24) is 15.2 Å². The van der Waals surface area contributed by atoms with E-state index in [2.05, 4.69) is 42.3 Å². The fraction of sp³-hybridized carbons (Fsp3) is 0.474. The molecule has 0 unspecified atom stereocenters. The number of pyridine rings is 1. The number of nitrogens with one attached hydrogen (secondary N) is 1. The first-order chi connectivity index (χ1) is 11.7. The maximum absolute atomic E-state index is 12.8. The van der Waals surface area contributed by atoms with Gasteiger partial charge < -0.3 is 15.0 Å². The van der Waals surface area contributed by atoms with E-state index in [4.69, 9.17) is 4.74 Å². The van der Waals surface area contributed by atoms with Crippen LogP contribution in [0.3, 0.4) is 0 Å². The van der Waals surface area contributed by atoms with Gasteiger partial charge in [0.1, 0.15) is 0 Å². The molecule has 1 saturated heterocycles. The lowest BCUT2D eigenvalue weighted by atomic mass is 10.0. The highest BCUT2D eigenvalue weighted by atomic mass is 16.5. The van der Waals surface area contributed by atoms with E-state index < -0.39 is 0 Å². The number of carbonyl (C=O) groups excluding carboxylic acids is 1.